The number of nitrogens with zero attached hydrogens (tertiary/aromatic N) is 2. The summed E-state index contributed by atoms with van der Waals surface area (Å²) in [5.41, 5.74) is 5.97. The van der Waals surface area contributed by atoms with Crippen molar-refractivity contribution >= 4 is 5.91 Å². The Morgan fingerprint density at radius 1 is 1.26 bits per heavy atom. The maximum absolute atomic E-state index is 12.2. The van der Waals surface area contributed by atoms with Crippen LogP contribution in [0.4, 0.5) is 0 Å². The number of hydrogen-bond donors (Lipinski definition) is 1. The first-order chi connectivity index (χ1) is 9.20. The Bertz CT molecular complexity index is 289. The minimum absolute atomic E-state index is 0.0477. The average Bonchev–Trinajstić information content (AvgIpc) is 2.89. The van der Waals surface area contributed by atoms with Gasteiger partial charge in [-0.2, -0.15) is 0 Å². The van der Waals surface area contributed by atoms with E-state index in [1.807, 2.05) is 4.90 Å². The number of carbonyl (C=O) groups excluding carboxylic acids is 1. The van der Waals surface area contributed by atoms with Gasteiger partial charge in [-0.25, -0.2) is 0 Å². The van der Waals surface area contributed by atoms with Crippen molar-refractivity contribution in [3.63, 3.8) is 0 Å². The van der Waals surface area contributed by atoms with E-state index >= 15 is 0 Å². The molecule has 2 rings (SSSR count). The highest BCUT2D eigenvalue weighted by atomic mass is 16.2. The Morgan fingerprint density at radius 3 is 2.68 bits per heavy atom. The second-order valence-electron chi connectivity index (χ2n) is 6.13. The molecule has 110 valence electrons. The van der Waals surface area contributed by atoms with Gasteiger partial charge in [-0.05, 0) is 38.8 Å². The molecule has 2 saturated heterocycles. The van der Waals surface area contributed by atoms with Crippen LogP contribution in [0.3, 0.4) is 0 Å². The lowest BCUT2D eigenvalue weighted by Crippen LogP contribution is -2.42. The molecule has 0 bridgehead atoms. The van der Waals surface area contributed by atoms with Crippen LogP contribution >= 0.6 is 0 Å². The number of amides is 1. The summed E-state index contributed by atoms with van der Waals surface area (Å²) in [5, 5.41) is 0. The molecule has 0 aromatic heterocycles. The molecular weight excluding hydrogens is 238 g/mol. The molecule has 0 radical (unpaired) electrons. The first-order valence-electron chi connectivity index (χ1n) is 7.98. The summed E-state index contributed by atoms with van der Waals surface area (Å²) < 4.78 is 0. The minimum atomic E-state index is 0.0477. The molecular formula is C15H29N3O. The van der Waals surface area contributed by atoms with Crippen LogP contribution in [0.1, 0.15) is 51.9 Å². The summed E-state index contributed by atoms with van der Waals surface area (Å²) >= 11 is 0. The van der Waals surface area contributed by atoms with Crippen LogP contribution in [0, 0.1) is 0 Å². The van der Waals surface area contributed by atoms with Crippen molar-refractivity contribution in [2.45, 2.75) is 64.0 Å². The van der Waals surface area contributed by atoms with Gasteiger partial charge in [0, 0.05) is 31.6 Å². The molecule has 2 heterocycles. The summed E-state index contributed by atoms with van der Waals surface area (Å²) in [5.74, 6) is 0.264. The van der Waals surface area contributed by atoms with Crippen molar-refractivity contribution in [1.82, 2.24) is 9.80 Å². The number of likely N-dealkylation sites (tertiary alicyclic amines) is 2. The maximum atomic E-state index is 12.2. The van der Waals surface area contributed by atoms with Crippen molar-refractivity contribution in [1.29, 1.82) is 0 Å². The van der Waals surface area contributed by atoms with Gasteiger partial charge in [0.2, 0.25) is 5.91 Å². The molecule has 2 N–H and O–H groups in total. The molecule has 4 nitrogen and oxygen atoms in total. The smallest absolute Gasteiger partial charge is 0.224 e. The first kappa shape index (κ1) is 14.8. The number of carbonyl (C=O) groups is 1. The molecule has 2 fully saturated rings. The van der Waals surface area contributed by atoms with Gasteiger partial charge in [0.1, 0.15) is 0 Å². The molecule has 19 heavy (non-hydrogen) atoms. The van der Waals surface area contributed by atoms with E-state index in [0.717, 1.165) is 32.4 Å². The van der Waals surface area contributed by atoms with Crippen molar-refractivity contribution in [3.8, 4) is 0 Å². The van der Waals surface area contributed by atoms with Crippen LogP contribution in [0.5, 0.6) is 0 Å². The summed E-state index contributed by atoms with van der Waals surface area (Å²) in [6, 6.07) is 0.651. The van der Waals surface area contributed by atoms with Gasteiger partial charge in [0.05, 0.1) is 0 Å². The van der Waals surface area contributed by atoms with Crippen molar-refractivity contribution < 1.29 is 4.79 Å². The van der Waals surface area contributed by atoms with E-state index in [9.17, 15) is 4.79 Å². The molecule has 2 aliphatic rings. The van der Waals surface area contributed by atoms with Crippen LogP contribution < -0.4 is 5.73 Å². The van der Waals surface area contributed by atoms with Crippen LogP contribution in [0.15, 0.2) is 0 Å². The zero-order valence-electron chi connectivity index (χ0n) is 12.3. The van der Waals surface area contributed by atoms with E-state index in [2.05, 4.69) is 11.8 Å². The zero-order chi connectivity index (χ0) is 13.7. The molecule has 4 heteroatoms. The van der Waals surface area contributed by atoms with Crippen LogP contribution in [-0.2, 0) is 4.79 Å². The molecule has 0 aromatic carbocycles. The third-order valence-electron chi connectivity index (χ3n) is 4.52. The van der Waals surface area contributed by atoms with Gasteiger partial charge in [-0.1, -0.05) is 19.8 Å². The Labute approximate surface area is 117 Å². The lowest BCUT2D eigenvalue weighted by Gasteiger charge is -2.32. The highest BCUT2D eigenvalue weighted by molar-refractivity contribution is 5.77. The Balaban J connectivity index is 1.75. The molecule has 1 amide bonds. The Kier molecular flexibility index (Phi) is 5.64. The van der Waals surface area contributed by atoms with Gasteiger partial charge in [0.15, 0.2) is 0 Å². The summed E-state index contributed by atoms with van der Waals surface area (Å²) in [7, 11) is 0. The van der Waals surface area contributed by atoms with Crippen molar-refractivity contribution in [3.05, 3.63) is 0 Å². The highest BCUT2D eigenvalue weighted by Crippen LogP contribution is 2.21. The summed E-state index contributed by atoms with van der Waals surface area (Å²) in [4.78, 5) is 16.8. The van der Waals surface area contributed by atoms with E-state index in [1.165, 1.54) is 32.4 Å². The maximum Gasteiger partial charge on any atom is 0.224 e. The quantitative estimate of drug-likeness (QED) is 0.823. The van der Waals surface area contributed by atoms with E-state index in [0.29, 0.717) is 12.5 Å². The number of rotatable bonds is 5. The number of hydrogen-bond acceptors (Lipinski definition) is 3. The first-order valence-corrected chi connectivity index (χ1v) is 7.98. The fourth-order valence-corrected chi connectivity index (χ4v) is 3.38. The van der Waals surface area contributed by atoms with E-state index in [-0.39, 0.29) is 11.9 Å². The largest absolute Gasteiger partial charge is 0.341 e. The van der Waals surface area contributed by atoms with Crippen LogP contribution in [-0.4, -0.2) is 54.0 Å². The fraction of sp³-hybridized carbons (Fsp3) is 0.933. The summed E-state index contributed by atoms with van der Waals surface area (Å²) in [6.45, 7) is 6.42. The normalized spacial score (nSPS) is 26.6. The topological polar surface area (TPSA) is 49.6 Å². The number of nitrogens with two attached hydrogens (primary N) is 1. The standard InChI is InChI=1S/C15H29N3O/c1-2-6-13(16)11-15(19)18-10-7-14(12-18)17-8-4-3-5-9-17/h13-14H,2-12,16H2,1H3. The highest BCUT2D eigenvalue weighted by Gasteiger charge is 2.31. The second-order valence-corrected chi connectivity index (χ2v) is 6.13. The van der Waals surface area contributed by atoms with E-state index in [4.69, 9.17) is 5.73 Å². The molecule has 0 aliphatic carbocycles. The zero-order valence-corrected chi connectivity index (χ0v) is 12.3. The van der Waals surface area contributed by atoms with E-state index < -0.39 is 0 Å². The monoisotopic (exact) mass is 267 g/mol. The van der Waals surface area contributed by atoms with Crippen molar-refractivity contribution in [2.24, 2.45) is 5.73 Å². The Hall–Kier alpha value is -0.610. The second kappa shape index (κ2) is 7.25. The molecule has 0 spiro atoms. The lowest BCUT2D eigenvalue weighted by atomic mass is 10.1. The fourth-order valence-electron chi connectivity index (χ4n) is 3.38. The SMILES string of the molecule is CCCC(N)CC(=O)N1CCC(N2CCCCC2)C1. The number of piperidine rings is 1. The third kappa shape index (κ3) is 4.18. The van der Waals surface area contributed by atoms with Gasteiger partial charge in [-0.3, -0.25) is 9.69 Å². The minimum Gasteiger partial charge on any atom is -0.341 e. The molecule has 0 aromatic rings. The van der Waals surface area contributed by atoms with Crippen LogP contribution in [0.25, 0.3) is 0 Å². The van der Waals surface area contributed by atoms with Gasteiger partial charge in [-0.15, -0.1) is 0 Å². The lowest BCUT2D eigenvalue weighted by molar-refractivity contribution is -0.130. The van der Waals surface area contributed by atoms with Crippen molar-refractivity contribution in [2.75, 3.05) is 26.2 Å². The molecule has 2 unspecified atom stereocenters. The van der Waals surface area contributed by atoms with Gasteiger partial charge >= 0.3 is 0 Å². The molecule has 2 atom stereocenters. The van der Waals surface area contributed by atoms with Crippen LogP contribution in [0.2, 0.25) is 0 Å². The third-order valence-corrected chi connectivity index (χ3v) is 4.52. The predicted molar refractivity (Wildman–Crippen MR) is 77.9 cm³/mol. The van der Waals surface area contributed by atoms with Gasteiger partial charge in [0.25, 0.3) is 0 Å². The molecule has 0 saturated carbocycles. The molecule has 2 aliphatic heterocycles. The predicted octanol–water partition coefficient (Wildman–Crippen LogP) is 1.59. The van der Waals surface area contributed by atoms with E-state index in [1.54, 1.807) is 0 Å². The summed E-state index contributed by atoms with van der Waals surface area (Å²) in [6.07, 6.45) is 7.71. The average molecular weight is 267 g/mol. The Morgan fingerprint density at radius 2 is 2.00 bits per heavy atom. The van der Waals surface area contributed by atoms with Gasteiger partial charge < -0.3 is 10.6 Å².